The second kappa shape index (κ2) is 7.87. The van der Waals surface area contributed by atoms with Gasteiger partial charge in [0.2, 0.25) is 0 Å². The van der Waals surface area contributed by atoms with Gasteiger partial charge in [0.15, 0.2) is 0 Å². The molecule has 0 saturated heterocycles. The lowest BCUT2D eigenvalue weighted by Gasteiger charge is -2.17. The molecule has 0 saturated carbocycles. The van der Waals surface area contributed by atoms with E-state index >= 15 is 0 Å². The van der Waals surface area contributed by atoms with Crippen LogP contribution in [-0.4, -0.2) is 24.3 Å². The molecule has 4 nitrogen and oxygen atoms in total. The number of hydrogen-bond acceptors (Lipinski definition) is 3. The zero-order valence-electron chi connectivity index (χ0n) is 10.2. The number of rotatable bonds is 6. The van der Waals surface area contributed by atoms with Gasteiger partial charge in [0.25, 0.3) is 0 Å². The number of halogens is 1. The Morgan fingerprint density at radius 3 is 2.56 bits per heavy atom. The third-order valence-electron chi connectivity index (χ3n) is 2.54. The van der Waals surface area contributed by atoms with E-state index in [1.54, 1.807) is 0 Å². The van der Waals surface area contributed by atoms with Crippen LogP contribution in [0.15, 0.2) is 30.3 Å². The summed E-state index contributed by atoms with van der Waals surface area (Å²) in [5, 5.41) is 3.07. The van der Waals surface area contributed by atoms with E-state index in [-0.39, 0.29) is 11.8 Å². The van der Waals surface area contributed by atoms with E-state index in [9.17, 15) is 9.59 Å². The van der Waals surface area contributed by atoms with Crippen LogP contribution in [0.25, 0.3) is 0 Å². The van der Waals surface area contributed by atoms with Crippen molar-refractivity contribution < 1.29 is 14.3 Å². The van der Waals surface area contributed by atoms with Gasteiger partial charge in [0.1, 0.15) is 5.78 Å². The van der Waals surface area contributed by atoms with Gasteiger partial charge in [-0.15, -0.1) is 0 Å². The summed E-state index contributed by atoms with van der Waals surface area (Å²) < 4.78 is 4.59. The molecule has 0 aliphatic carbocycles. The number of alkyl halides is 1. The molecule has 0 aliphatic rings. The number of benzene rings is 1. The van der Waals surface area contributed by atoms with Crippen molar-refractivity contribution in [2.75, 3.05) is 12.4 Å². The van der Waals surface area contributed by atoms with Crippen molar-refractivity contribution in [2.24, 2.45) is 0 Å². The number of methoxy groups -OCH3 is 1. The summed E-state index contributed by atoms with van der Waals surface area (Å²) in [6.07, 6.45) is 0.480. The van der Waals surface area contributed by atoms with E-state index in [1.807, 2.05) is 30.3 Å². The largest absolute Gasteiger partial charge is 0.453 e. The fourth-order valence-electron chi connectivity index (χ4n) is 1.58. The molecular weight excluding hydrogens is 298 g/mol. The van der Waals surface area contributed by atoms with Crippen LogP contribution >= 0.6 is 15.9 Å². The number of hydrogen-bond donors (Lipinski definition) is 1. The monoisotopic (exact) mass is 313 g/mol. The van der Waals surface area contributed by atoms with E-state index in [4.69, 9.17) is 0 Å². The molecule has 1 unspecified atom stereocenters. The van der Waals surface area contributed by atoms with Crippen LogP contribution in [0.3, 0.4) is 0 Å². The van der Waals surface area contributed by atoms with E-state index in [1.165, 1.54) is 7.11 Å². The van der Waals surface area contributed by atoms with E-state index < -0.39 is 6.09 Å². The number of alkyl carbamates (subject to hydrolysis) is 1. The maximum atomic E-state index is 11.3. The molecule has 0 heterocycles. The molecule has 1 atom stereocenters. The van der Waals surface area contributed by atoms with Gasteiger partial charge < -0.3 is 10.1 Å². The maximum Gasteiger partial charge on any atom is 0.407 e. The second-order valence-corrected chi connectivity index (χ2v) is 4.37. The molecule has 0 fully saturated rings. The Balaban J connectivity index is 2.69. The van der Waals surface area contributed by atoms with Gasteiger partial charge in [-0.1, -0.05) is 46.3 Å². The average molecular weight is 314 g/mol. The summed E-state index contributed by atoms with van der Waals surface area (Å²) >= 11 is 3.12. The van der Waals surface area contributed by atoms with Crippen molar-refractivity contribution in [1.29, 1.82) is 0 Å². The summed E-state index contributed by atoms with van der Waals surface area (Å²) in [6.45, 7) is 0. The van der Waals surface area contributed by atoms with Crippen LogP contribution in [0.1, 0.15) is 24.4 Å². The van der Waals surface area contributed by atoms with Gasteiger partial charge in [-0.25, -0.2) is 4.79 Å². The van der Waals surface area contributed by atoms with Crippen molar-refractivity contribution in [3.05, 3.63) is 35.9 Å². The zero-order valence-corrected chi connectivity index (χ0v) is 11.8. The van der Waals surface area contributed by atoms with Crippen molar-refractivity contribution in [3.63, 3.8) is 0 Å². The highest BCUT2D eigenvalue weighted by atomic mass is 79.9. The Kier molecular flexibility index (Phi) is 6.43. The average Bonchev–Trinajstić information content (AvgIpc) is 2.43. The van der Waals surface area contributed by atoms with Gasteiger partial charge in [0, 0.05) is 6.42 Å². The first kappa shape index (κ1) is 14.7. The zero-order chi connectivity index (χ0) is 13.4. The predicted molar refractivity (Wildman–Crippen MR) is 72.8 cm³/mol. The third kappa shape index (κ3) is 4.87. The second-order valence-electron chi connectivity index (χ2n) is 3.81. The van der Waals surface area contributed by atoms with Gasteiger partial charge in [-0.3, -0.25) is 4.79 Å². The quantitative estimate of drug-likeness (QED) is 0.822. The lowest BCUT2D eigenvalue weighted by molar-refractivity contribution is -0.116. The Labute approximate surface area is 115 Å². The molecule has 1 aromatic carbocycles. The predicted octanol–water partition coefficient (Wildman–Crippen LogP) is 2.83. The van der Waals surface area contributed by atoms with Gasteiger partial charge in [-0.05, 0) is 12.0 Å². The van der Waals surface area contributed by atoms with Crippen molar-refractivity contribution >= 4 is 27.8 Å². The van der Waals surface area contributed by atoms with Crippen LogP contribution in [0, 0.1) is 0 Å². The first-order chi connectivity index (χ1) is 8.67. The third-order valence-corrected chi connectivity index (χ3v) is 3.17. The van der Waals surface area contributed by atoms with E-state index in [2.05, 4.69) is 26.0 Å². The Bertz CT molecular complexity index is 394. The number of Topliss-reactive ketones (excluding diaryl/α,β-unsaturated/α-hetero) is 1. The molecule has 1 aromatic rings. The van der Waals surface area contributed by atoms with Gasteiger partial charge >= 0.3 is 6.09 Å². The molecule has 1 N–H and O–H groups in total. The lowest BCUT2D eigenvalue weighted by atomic mass is 10.0. The summed E-state index contributed by atoms with van der Waals surface area (Å²) in [7, 11) is 1.32. The number of ketones is 1. The fourth-order valence-corrected chi connectivity index (χ4v) is 1.86. The minimum absolute atomic E-state index is 0.114. The molecular formula is C13H16BrNO3. The van der Waals surface area contributed by atoms with Crippen molar-refractivity contribution in [2.45, 2.75) is 18.9 Å². The fraction of sp³-hybridized carbons (Fsp3) is 0.385. The van der Waals surface area contributed by atoms with Crippen molar-refractivity contribution in [3.8, 4) is 0 Å². The standard InChI is InChI=1S/C13H16BrNO3/c1-18-13(17)15-12(8-7-11(16)9-14)10-5-3-2-4-6-10/h2-6,12H,7-9H2,1H3,(H,15,17). The summed E-state index contributed by atoms with van der Waals surface area (Å²) in [4.78, 5) is 22.6. The molecule has 1 rings (SSSR count). The summed E-state index contributed by atoms with van der Waals surface area (Å²) in [5.41, 5.74) is 0.963. The molecule has 0 aliphatic heterocycles. The van der Waals surface area contributed by atoms with E-state index in [0.29, 0.717) is 18.2 Å². The van der Waals surface area contributed by atoms with Gasteiger partial charge in [-0.2, -0.15) is 0 Å². The van der Waals surface area contributed by atoms with Crippen LogP contribution in [0.4, 0.5) is 4.79 Å². The highest BCUT2D eigenvalue weighted by Crippen LogP contribution is 2.18. The molecule has 0 spiro atoms. The number of nitrogens with one attached hydrogen (secondary N) is 1. The SMILES string of the molecule is COC(=O)NC(CCC(=O)CBr)c1ccccc1. The molecule has 5 heteroatoms. The van der Waals surface area contributed by atoms with Crippen LogP contribution in [-0.2, 0) is 9.53 Å². The van der Waals surface area contributed by atoms with Gasteiger partial charge in [0.05, 0.1) is 18.5 Å². The number of ether oxygens (including phenoxy) is 1. The van der Waals surface area contributed by atoms with E-state index in [0.717, 1.165) is 5.56 Å². The molecule has 0 bridgehead atoms. The minimum atomic E-state index is -0.491. The van der Waals surface area contributed by atoms with Crippen LogP contribution < -0.4 is 5.32 Å². The highest BCUT2D eigenvalue weighted by Gasteiger charge is 2.15. The Hall–Kier alpha value is -1.36. The summed E-state index contributed by atoms with van der Waals surface area (Å²) in [6, 6.07) is 9.32. The highest BCUT2D eigenvalue weighted by molar-refractivity contribution is 9.09. The lowest BCUT2D eigenvalue weighted by Crippen LogP contribution is -2.28. The summed E-state index contributed by atoms with van der Waals surface area (Å²) in [5.74, 6) is 0.114. The molecule has 98 valence electrons. The number of carbonyl (C=O) groups is 2. The topological polar surface area (TPSA) is 55.4 Å². The smallest absolute Gasteiger partial charge is 0.407 e. The van der Waals surface area contributed by atoms with Crippen molar-refractivity contribution in [1.82, 2.24) is 5.32 Å². The molecule has 0 aromatic heterocycles. The van der Waals surface area contributed by atoms with Crippen LogP contribution in [0.2, 0.25) is 0 Å². The normalized spacial score (nSPS) is 11.7. The Morgan fingerprint density at radius 1 is 1.33 bits per heavy atom. The van der Waals surface area contributed by atoms with Crippen LogP contribution in [0.5, 0.6) is 0 Å². The first-order valence-corrected chi connectivity index (χ1v) is 6.76. The number of amides is 1. The molecule has 1 amide bonds. The first-order valence-electron chi connectivity index (χ1n) is 5.64. The minimum Gasteiger partial charge on any atom is -0.453 e. The molecule has 0 radical (unpaired) electrons. The Morgan fingerprint density at radius 2 is 2.00 bits per heavy atom. The molecule has 18 heavy (non-hydrogen) atoms. The number of carbonyl (C=O) groups excluding carboxylic acids is 2. The maximum absolute atomic E-state index is 11.3.